The summed E-state index contributed by atoms with van der Waals surface area (Å²) in [5.74, 6) is 1.36. The lowest BCUT2D eigenvalue weighted by molar-refractivity contribution is -0.145. The van der Waals surface area contributed by atoms with Crippen LogP contribution in [0.1, 0.15) is 6.92 Å². The summed E-state index contributed by atoms with van der Waals surface area (Å²) >= 11 is 0. The Morgan fingerprint density at radius 2 is 2.17 bits per heavy atom. The lowest BCUT2D eigenvalue weighted by Gasteiger charge is -2.10. The first-order valence-corrected chi connectivity index (χ1v) is 7.48. The van der Waals surface area contributed by atoms with Crippen molar-refractivity contribution < 1.29 is 19.0 Å². The zero-order valence-corrected chi connectivity index (χ0v) is 13.4. The van der Waals surface area contributed by atoms with Crippen molar-refractivity contribution in [1.82, 2.24) is 15.0 Å². The van der Waals surface area contributed by atoms with Gasteiger partial charge in [-0.05, 0) is 25.1 Å². The first kappa shape index (κ1) is 15.8. The van der Waals surface area contributed by atoms with Crippen molar-refractivity contribution in [3.63, 3.8) is 0 Å². The number of benzene rings is 1. The van der Waals surface area contributed by atoms with Crippen LogP contribution in [0.4, 0.5) is 0 Å². The average molecular weight is 327 g/mol. The number of aromatic amines is 1. The van der Waals surface area contributed by atoms with Crippen LogP contribution in [0, 0.1) is 0 Å². The van der Waals surface area contributed by atoms with Crippen molar-refractivity contribution in [2.75, 3.05) is 20.3 Å². The van der Waals surface area contributed by atoms with Crippen molar-refractivity contribution in [2.45, 2.75) is 6.92 Å². The van der Waals surface area contributed by atoms with Crippen LogP contribution in [0.25, 0.3) is 22.4 Å². The van der Waals surface area contributed by atoms with Crippen molar-refractivity contribution in [2.24, 2.45) is 0 Å². The molecule has 0 saturated heterocycles. The highest BCUT2D eigenvalue weighted by Gasteiger charge is 2.13. The van der Waals surface area contributed by atoms with Gasteiger partial charge < -0.3 is 19.2 Å². The summed E-state index contributed by atoms with van der Waals surface area (Å²) in [5, 5.41) is 0. The predicted octanol–water partition coefficient (Wildman–Crippen LogP) is 2.58. The van der Waals surface area contributed by atoms with Crippen molar-refractivity contribution in [1.29, 1.82) is 0 Å². The third-order valence-corrected chi connectivity index (χ3v) is 3.37. The highest BCUT2D eigenvalue weighted by molar-refractivity contribution is 5.80. The Hall–Kier alpha value is -3.09. The molecule has 0 aliphatic rings. The number of pyridine rings is 1. The third-order valence-electron chi connectivity index (χ3n) is 3.37. The average Bonchev–Trinajstić information content (AvgIpc) is 3.03. The van der Waals surface area contributed by atoms with Crippen LogP contribution >= 0.6 is 0 Å². The van der Waals surface area contributed by atoms with E-state index >= 15 is 0 Å². The molecule has 0 aliphatic heterocycles. The van der Waals surface area contributed by atoms with E-state index in [2.05, 4.69) is 15.0 Å². The number of imidazole rings is 1. The molecule has 7 heteroatoms. The van der Waals surface area contributed by atoms with E-state index in [0.29, 0.717) is 23.9 Å². The molecule has 2 aromatic heterocycles. The fourth-order valence-corrected chi connectivity index (χ4v) is 2.29. The van der Waals surface area contributed by atoms with E-state index < -0.39 is 5.97 Å². The number of nitrogens with one attached hydrogen (secondary N) is 1. The van der Waals surface area contributed by atoms with Crippen LogP contribution in [0.2, 0.25) is 0 Å². The van der Waals surface area contributed by atoms with Gasteiger partial charge in [0.2, 0.25) is 0 Å². The molecule has 24 heavy (non-hydrogen) atoms. The standard InChI is InChI=1S/C17H17N3O4/c1-3-23-16(21)10-24-11-4-5-12(15(8-11)22-2)17-19-13-6-7-18-9-14(13)20-17/h4-9H,3,10H2,1-2H3,(H,19,20). The molecule has 0 aliphatic carbocycles. The summed E-state index contributed by atoms with van der Waals surface area (Å²) in [5.41, 5.74) is 2.46. The summed E-state index contributed by atoms with van der Waals surface area (Å²) in [7, 11) is 1.57. The minimum absolute atomic E-state index is 0.146. The molecule has 0 amide bonds. The molecule has 7 nitrogen and oxygen atoms in total. The van der Waals surface area contributed by atoms with Crippen molar-refractivity contribution >= 4 is 17.0 Å². The van der Waals surface area contributed by atoms with Crippen LogP contribution in [-0.4, -0.2) is 41.2 Å². The van der Waals surface area contributed by atoms with Crippen LogP contribution in [0.15, 0.2) is 36.7 Å². The lowest BCUT2D eigenvalue weighted by atomic mass is 10.2. The molecule has 0 saturated carbocycles. The van der Waals surface area contributed by atoms with Crippen LogP contribution in [-0.2, 0) is 9.53 Å². The van der Waals surface area contributed by atoms with Crippen LogP contribution in [0.3, 0.4) is 0 Å². The molecule has 0 fully saturated rings. The van der Waals surface area contributed by atoms with E-state index in [9.17, 15) is 4.79 Å². The second-order valence-corrected chi connectivity index (χ2v) is 4.93. The zero-order chi connectivity index (χ0) is 16.9. The van der Waals surface area contributed by atoms with Crippen molar-refractivity contribution in [3.8, 4) is 22.9 Å². The molecule has 0 spiro atoms. The van der Waals surface area contributed by atoms with Gasteiger partial charge in [-0.3, -0.25) is 4.98 Å². The first-order valence-electron chi connectivity index (χ1n) is 7.48. The second kappa shape index (κ2) is 6.99. The molecule has 3 rings (SSSR count). The van der Waals surface area contributed by atoms with Gasteiger partial charge >= 0.3 is 5.97 Å². The number of H-pyrrole nitrogens is 1. The topological polar surface area (TPSA) is 86.3 Å². The fraction of sp³-hybridized carbons (Fsp3) is 0.235. The van der Waals surface area contributed by atoms with Gasteiger partial charge in [-0.15, -0.1) is 0 Å². The maximum absolute atomic E-state index is 11.4. The quantitative estimate of drug-likeness (QED) is 0.700. The van der Waals surface area contributed by atoms with Crippen molar-refractivity contribution in [3.05, 3.63) is 36.7 Å². The smallest absolute Gasteiger partial charge is 0.344 e. The molecule has 3 aromatic rings. The zero-order valence-electron chi connectivity index (χ0n) is 13.4. The third kappa shape index (κ3) is 3.29. The number of nitrogens with zero attached hydrogens (tertiary/aromatic N) is 2. The Morgan fingerprint density at radius 1 is 1.29 bits per heavy atom. The van der Waals surface area contributed by atoms with Gasteiger partial charge in [-0.25, -0.2) is 9.78 Å². The number of fused-ring (bicyclic) bond motifs is 1. The number of methoxy groups -OCH3 is 1. The van der Waals surface area contributed by atoms with E-state index in [-0.39, 0.29) is 6.61 Å². The molecular weight excluding hydrogens is 310 g/mol. The monoisotopic (exact) mass is 327 g/mol. The van der Waals surface area contributed by atoms with Crippen LogP contribution < -0.4 is 9.47 Å². The maximum Gasteiger partial charge on any atom is 0.344 e. The van der Waals surface area contributed by atoms with Gasteiger partial charge in [-0.1, -0.05) is 0 Å². The number of rotatable bonds is 6. The molecular formula is C17H17N3O4. The minimum Gasteiger partial charge on any atom is -0.496 e. The minimum atomic E-state index is -0.412. The second-order valence-electron chi connectivity index (χ2n) is 4.93. The number of ether oxygens (including phenoxy) is 3. The van der Waals surface area contributed by atoms with Gasteiger partial charge in [0, 0.05) is 12.3 Å². The SMILES string of the molecule is CCOC(=O)COc1ccc(-c2nc3ccncc3[nH]2)c(OC)c1. The highest BCUT2D eigenvalue weighted by Crippen LogP contribution is 2.32. The Balaban J connectivity index is 1.85. The predicted molar refractivity (Wildman–Crippen MR) is 88.0 cm³/mol. The number of hydrogen-bond donors (Lipinski definition) is 1. The van der Waals surface area contributed by atoms with Crippen LogP contribution in [0.5, 0.6) is 11.5 Å². The lowest BCUT2D eigenvalue weighted by Crippen LogP contribution is -2.14. The number of hydrogen-bond acceptors (Lipinski definition) is 6. The number of carbonyl (C=O) groups excluding carboxylic acids is 1. The Bertz CT molecular complexity index is 827. The Morgan fingerprint density at radius 3 is 2.92 bits per heavy atom. The van der Waals surface area contributed by atoms with E-state index in [0.717, 1.165) is 16.6 Å². The van der Waals surface area contributed by atoms with Gasteiger partial charge in [0.1, 0.15) is 17.3 Å². The van der Waals surface area contributed by atoms with Gasteiger partial charge in [-0.2, -0.15) is 0 Å². The number of carbonyl (C=O) groups is 1. The molecule has 0 unspecified atom stereocenters. The first-order chi connectivity index (χ1) is 11.7. The highest BCUT2D eigenvalue weighted by atomic mass is 16.6. The van der Waals surface area contributed by atoms with E-state index in [4.69, 9.17) is 14.2 Å². The summed E-state index contributed by atoms with van der Waals surface area (Å²) in [6.45, 7) is 1.93. The molecule has 1 aromatic carbocycles. The van der Waals surface area contributed by atoms with Gasteiger partial charge in [0.05, 0.1) is 36.5 Å². The summed E-state index contributed by atoms with van der Waals surface area (Å²) < 4.78 is 15.7. The van der Waals surface area contributed by atoms with Gasteiger partial charge in [0.15, 0.2) is 6.61 Å². The fourth-order valence-electron chi connectivity index (χ4n) is 2.29. The molecule has 0 radical (unpaired) electrons. The Kier molecular flexibility index (Phi) is 4.60. The van der Waals surface area contributed by atoms with E-state index in [1.165, 1.54) is 0 Å². The molecule has 0 bridgehead atoms. The number of aromatic nitrogens is 3. The summed E-state index contributed by atoms with van der Waals surface area (Å²) in [6.07, 6.45) is 3.41. The number of esters is 1. The maximum atomic E-state index is 11.4. The largest absolute Gasteiger partial charge is 0.496 e. The normalized spacial score (nSPS) is 10.6. The van der Waals surface area contributed by atoms with Gasteiger partial charge in [0.25, 0.3) is 0 Å². The molecule has 1 N–H and O–H groups in total. The summed E-state index contributed by atoms with van der Waals surface area (Å²) in [6, 6.07) is 7.12. The Labute approximate surface area is 138 Å². The van der Waals surface area contributed by atoms with E-state index in [1.807, 2.05) is 12.1 Å². The molecule has 0 atom stereocenters. The van der Waals surface area contributed by atoms with E-state index in [1.54, 1.807) is 38.6 Å². The molecule has 2 heterocycles. The summed E-state index contributed by atoms with van der Waals surface area (Å²) in [4.78, 5) is 23.2. The molecule has 124 valence electrons.